The van der Waals surface area contributed by atoms with E-state index in [4.69, 9.17) is 14.2 Å². The maximum atomic E-state index is 6.59. The standard InChI is InChI=1S/C79H64N2O3/c1-4-52-18-20-53(21-19-52)48-82-49-56-24-38-69-70-39-37-66(47-74(70)79(2,3)73(69)43-56)80(63-33-26-58(27-34-63)57-12-6-5-7-13-57)64-35-28-59(29-36-64)60-30-41-76-72(44-60)71-42-55(51-84-78-46-62-15-9-11-17-68(62)78)25-40-75(71)81(76)65-31-22-54(23-32-65)50-83-77-45-61-14-8-10-16-67(61)77/h4-44,47,77-78H,1,45-46,48-51H2,2-3H3. The molecule has 0 N–H and O–H groups in total. The monoisotopic (exact) mass is 1090 g/mol. The zero-order chi connectivity index (χ0) is 56.3. The SMILES string of the molecule is C=Cc1ccc(COCc2ccc3c(c2)C(C)(C)c2cc(N(c4ccc(-c5ccccc5)cc4)c4ccc(-c5ccc6c(c5)c5cc(COC7Cc8ccccc87)ccc5n6-c5ccc(COC6Cc7ccccc76)cc5)cc4)ccc2-3)cc1. The number of benzene rings is 11. The number of hydrogen-bond acceptors (Lipinski definition) is 4. The molecule has 0 radical (unpaired) electrons. The molecule has 0 saturated carbocycles. The van der Waals surface area contributed by atoms with Crippen LogP contribution in [0.4, 0.5) is 17.1 Å². The second-order valence-corrected chi connectivity index (χ2v) is 23.5. The van der Waals surface area contributed by atoms with Crippen LogP contribution in [0.5, 0.6) is 0 Å². The highest BCUT2D eigenvalue weighted by molar-refractivity contribution is 6.10. The van der Waals surface area contributed by atoms with E-state index in [2.05, 4.69) is 279 Å². The van der Waals surface area contributed by atoms with Gasteiger partial charge in [-0.15, -0.1) is 0 Å². The van der Waals surface area contributed by atoms with Crippen LogP contribution in [-0.4, -0.2) is 4.57 Å². The second kappa shape index (κ2) is 21.4. The van der Waals surface area contributed by atoms with Gasteiger partial charge in [0.1, 0.15) is 0 Å². The van der Waals surface area contributed by atoms with Gasteiger partial charge in [-0.1, -0.05) is 202 Å². The van der Waals surface area contributed by atoms with Crippen LogP contribution in [0.2, 0.25) is 0 Å². The van der Waals surface area contributed by atoms with Crippen LogP contribution >= 0.6 is 0 Å². The second-order valence-electron chi connectivity index (χ2n) is 23.5. The molecule has 5 nitrogen and oxygen atoms in total. The maximum absolute atomic E-state index is 6.59. The first kappa shape index (κ1) is 51.5. The molecule has 84 heavy (non-hydrogen) atoms. The van der Waals surface area contributed by atoms with Gasteiger partial charge in [0, 0.05) is 51.8 Å². The molecule has 0 saturated heterocycles. The molecule has 2 unspecified atom stereocenters. The van der Waals surface area contributed by atoms with E-state index in [1.807, 2.05) is 6.08 Å². The van der Waals surface area contributed by atoms with Crippen molar-refractivity contribution in [2.24, 2.45) is 0 Å². The van der Waals surface area contributed by atoms with Gasteiger partial charge in [-0.2, -0.15) is 0 Å². The fourth-order valence-corrected chi connectivity index (χ4v) is 13.2. The van der Waals surface area contributed by atoms with Crippen molar-refractivity contribution < 1.29 is 14.2 Å². The van der Waals surface area contributed by atoms with E-state index in [9.17, 15) is 0 Å². The fourth-order valence-electron chi connectivity index (χ4n) is 13.2. The Morgan fingerprint density at radius 2 is 0.917 bits per heavy atom. The molecule has 2 atom stereocenters. The molecular formula is C79H64N2O3. The Hall–Kier alpha value is -9.36. The summed E-state index contributed by atoms with van der Waals surface area (Å²) in [6.07, 6.45) is 4.09. The molecule has 0 fully saturated rings. The predicted octanol–water partition coefficient (Wildman–Crippen LogP) is 19.9. The summed E-state index contributed by atoms with van der Waals surface area (Å²) in [7, 11) is 0. The molecule has 15 rings (SSSR count). The van der Waals surface area contributed by atoms with Crippen LogP contribution < -0.4 is 4.90 Å². The number of aromatic nitrogens is 1. The number of fused-ring (bicyclic) bond motifs is 8. The smallest absolute Gasteiger partial charge is 0.0872 e. The fraction of sp³-hybridized carbons (Fsp3) is 0.139. The van der Waals surface area contributed by atoms with Crippen molar-refractivity contribution >= 4 is 44.9 Å². The minimum Gasteiger partial charge on any atom is -0.372 e. The van der Waals surface area contributed by atoms with Crippen LogP contribution in [0, 0.1) is 0 Å². The van der Waals surface area contributed by atoms with E-state index < -0.39 is 0 Å². The third-order valence-electron chi connectivity index (χ3n) is 18.0. The molecule has 0 aliphatic heterocycles. The highest BCUT2D eigenvalue weighted by Gasteiger charge is 2.36. The predicted molar refractivity (Wildman–Crippen MR) is 344 cm³/mol. The van der Waals surface area contributed by atoms with E-state index in [0.29, 0.717) is 26.4 Å². The molecule has 408 valence electrons. The minimum absolute atomic E-state index is 0.128. The first-order valence-corrected chi connectivity index (χ1v) is 29.5. The van der Waals surface area contributed by atoms with Gasteiger partial charge in [0.15, 0.2) is 0 Å². The van der Waals surface area contributed by atoms with Crippen molar-refractivity contribution in [1.29, 1.82) is 0 Å². The van der Waals surface area contributed by atoms with Gasteiger partial charge in [-0.3, -0.25) is 0 Å². The van der Waals surface area contributed by atoms with Crippen LogP contribution in [0.1, 0.15) is 87.3 Å². The van der Waals surface area contributed by atoms with Gasteiger partial charge in [0.05, 0.1) is 49.7 Å². The van der Waals surface area contributed by atoms with Crippen molar-refractivity contribution in [1.82, 2.24) is 4.57 Å². The topological polar surface area (TPSA) is 35.9 Å². The van der Waals surface area contributed by atoms with E-state index in [1.54, 1.807) is 0 Å². The minimum atomic E-state index is -0.232. The summed E-state index contributed by atoms with van der Waals surface area (Å²) in [5.41, 5.74) is 27.6. The van der Waals surface area contributed by atoms with Gasteiger partial charge in [0.25, 0.3) is 0 Å². The average molecular weight is 1090 g/mol. The van der Waals surface area contributed by atoms with Gasteiger partial charge < -0.3 is 23.7 Å². The van der Waals surface area contributed by atoms with E-state index in [1.165, 1.54) is 83.1 Å². The first-order valence-electron chi connectivity index (χ1n) is 29.5. The summed E-state index contributed by atoms with van der Waals surface area (Å²) >= 11 is 0. The molecule has 0 amide bonds. The Labute approximate surface area is 492 Å². The van der Waals surface area contributed by atoms with Gasteiger partial charge >= 0.3 is 0 Å². The lowest BCUT2D eigenvalue weighted by atomic mass is 9.82. The highest BCUT2D eigenvalue weighted by atomic mass is 16.5. The molecule has 11 aromatic carbocycles. The average Bonchev–Trinajstić information content (AvgIpc) is 2.54. The maximum Gasteiger partial charge on any atom is 0.0872 e. The number of rotatable bonds is 17. The van der Waals surface area contributed by atoms with E-state index in [-0.39, 0.29) is 17.6 Å². The van der Waals surface area contributed by atoms with Crippen molar-refractivity contribution in [3.8, 4) is 39.1 Å². The van der Waals surface area contributed by atoms with E-state index in [0.717, 1.165) is 68.9 Å². The molecule has 3 aliphatic rings. The van der Waals surface area contributed by atoms with Gasteiger partial charge in [-0.25, -0.2) is 0 Å². The summed E-state index contributed by atoms with van der Waals surface area (Å²) in [5.74, 6) is 0. The van der Waals surface area contributed by atoms with Gasteiger partial charge in [0.2, 0.25) is 0 Å². The molecule has 12 aromatic rings. The Morgan fingerprint density at radius 3 is 1.57 bits per heavy atom. The molecular weight excluding hydrogens is 1020 g/mol. The zero-order valence-corrected chi connectivity index (χ0v) is 47.5. The van der Waals surface area contributed by atoms with Crippen molar-refractivity contribution in [2.75, 3.05) is 4.90 Å². The largest absolute Gasteiger partial charge is 0.372 e. The lowest BCUT2D eigenvalue weighted by Crippen LogP contribution is -2.19. The number of ether oxygens (including phenoxy) is 3. The third kappa shape index (κ3) is 9.45. The zero-order valence-electron chi connectivity index (χ0n) is 47.5. The Kier molecular flexibility index (Phi) is 13.1. The van der Waals surface area contributed by atoms with Crippen molar-refractivity contribution in [3.63, 3.8) is 0 Å². The summed E-state index contributed by atoms with van der Waals surface area (Å²) < 4.78 is 21.7. The number of nitrogens with zero attached hydrogens (tertiary/aromatic N) is 2. The van der Waals surface area contributed by atoms with Gasteiger partial charge in [-0.05, 0) is 167 Å². The molecule has 1 heterocycles. The molecule has 3 aliphatic carbocycles. The molecule has 0 spiro atoms. The van der Waals surface area contributed by atoms with E-state index >= 15 is 0 Å². The number of hydrogen-bond donors (Lipinski definition) is 0. The summed E-state index contributed by atoms with van der Waals surface area (Å²) in [4.78, 5) is 2.41. The Morgan fingerprint density at radius 1 is 0.440 bits per heavy atom. The summed E-state index contributed by atoms with van der Waals surface area (Å²) in [5, 5.41) is 2.41. The van der Waals surface area contributed by atoms with Crippen LogP contribution in [-0.2, 0) is 58.9 Å². The van der Waals surface area contributed by atoms with Crippen LogP contribution in [0.3, 0.4) is 0 Å². The summed E-state index contributed by atoms with van der Waals surface area (Å²) in [6, 6.07) is 91.1. The van der Waals surface area contributed by atoms with Crippen molar-refractivity contribution in [3.05, 3.63) is 316 Å². The third-order valence-corrected chi connectivity index (χ3v) is 18.0. The highest BCUT2D eigenvalue weighted by Crippen LogP contribution is 2.51. The lowest BCUT2D eigenvalue weighted by molar-refractivity contribution is 0.0244. The number of anilines is 3. The quantitative estimate of drug-likeness (QED) is 0.0910. The molecule has 1 aromatic heterocycles. The lowest BCUT2D eigenvalue weighted by Gasteiger charge is -2.30. The van der Waals surface area contributed by atoms with Crippen LogP contribution in [0.25, 0.3) is 66.9 Å². The molecule has 5 heteroatoms. The normalized spacial score (nSPS) is 15.2. The summed E-state index contributed by atoms with van der Waals surface area (Å²) in [6.45, 7) is 10.8. The Balaban J connectivity index is 0.747. The first-order chi connectivity index (χ1) is 41.3. The Bertz CT molecular complexity index is 4440. The van der Waals surface area contributed by atoms with Crippen LogP contribution in [0.15, 0.2) is 255 Å². The molecule has 0 bridgehead atoms. The van der Waals surface area contributed by atoms with Crippen molar-refractivity contribution in [2.45, 2.75) is 70.7 Å².